The minimum atomic E-state index is 0.366. The molecule has 1 aliphatic rings. The molecule has 1 aromatic rings. The van der Waals surface area contributed by atoms with Gasteiger partial charge in [0.2, 0.25) is 0 Å². The minimum absolute atomic E-state index is 0.366. The van der Waals surface area contributed by atoms with Crippen LogP contribution in [0, 0.1) is 0 Å². The van der Waals surface area contributed by atoms with Gasteiger partial charge in [-0.2, -0.15) is 23.5 Å². The van der Waals surface area contributed by atoms with Crippen molar-refractivity contribution >= 4 is 23.5 Å². The van der Waals surface area contributed by atoms with Crippen LogP contribution in [0.5, 0.6) is 5.75 Å². The van der Waals surface area contributed by atoms with Gasteiger partial charge in [0.05, 0.1) is 6.61 Å². The van der Waals surface area contributed by atoms with E-state index in [1.54, 1.807) is 0 Å². The van der Waals surface area contributed by atoms with E-state index in [2.05, 4.69) is 73.9 Å². The highest BCUT2D eigenvalue weighted by molar-refractivity contribution is 8.07. The largest absolute Gasteiger partial charge is 0.494 e. The fourth-order valence-corrected chi connectivity index (χ4v) is 5.78. The predicted molar refractivity (Wildman–Crippen MR) is 96.8 cm³/mol. The van der Waals surface area contributed by atoms with E-state index >= 15 is 0 Å². The van der Waals surface area contributed by atoms with Gasteiger partial charge in [-0.05, 0) is 19.5 Å². The number of hydrogen-bond donors (Lipinski definition) is 1. The maximum Gasteiger partial charge on any atom is 0.124 e. The molecule has 1 fully saturated rings. The van der Waals surface area contributed by atoms with Gasteiger partial charge in [-0.1, -0.05) is 39.0 Å². The van der Waals surface area contributed by atoms with Crippen molar-refractivity contribution in [3.05, 3.63) is 29.8 Å². The molecule has 1 aromatic carbocycles. The summed E-state index contributed by atoms with van der Waals surface area (Å²) in [5, 5.41) is 5.74. The summed E-state index contributed by atoms with van der Waals surface area (Å²) in [5.41, 5.74) is 1.31. The van der Waals surface area contributed by atoms with Crippen LogP contribution in [-0.4, -0.2) is 34.7 Å². The summed E-state index contributed by atoms with van der Waals surface area (Å²) in [6.45, 7) is 10.6. The number of benzene rings is 1. The summed E-state index contributed by atoms with van der Waals surface area (Å²) in [5.74, 6) is 2.23. The van der Waals surface area contributed by atoms with Crippen molar-refractivity contribution in [3.8, 4) is 5.75 Å². The highest BCUT2D eigenvalue weighted by atomic mass is 32.2. The third kappa shape index (κ3) is 4.33. The Morgan fingerprint density at radius 2 is 2.00 bits per heavy atom. The van der Waals surface area contributed by atoms with Gasteiger partial charge in [0.15, 0.2) is 0 Å². The van der Waals surface area contributed by atoms with E-state index in [-0.39, 0.29) is 0 Å². The summed E-state index contributed by atoms with van der Waals surface area (Å²) in [4.78, 5) is 0. The standard InChI is InChI=1S/C17H27NOS2/c1-5-18-17(16-11-20-12(3)13(4)21-16)14-9-7-8-10-15(14)19-6-2/h7-10,12-13,16-18H,5-6,11H2,1-4H3. The van der Waals surface area contributed by atoms with Gasteiger partial charge >= 0.3 is 0 Å². The van der Waals surface area contributed by atoms with Gasteiger partial charge in [-0.3, -0.25) is 0 Å². The van der Waals surface area contributed by atoms with E-state index in [1.165, 1.54) is 11.3 Å². The lowest BCUT2D eigenvalue weighted by Crippen LogP contribution is -2.37. The average molecular weight is 326 g/mol. The molecule has 21 heavy (non-hydrogen) atoms. The molecule has 2 nitrogen and oxygen atoms in total. The zero-order chi connectivity index (χ0) is 15.2. The zero-order valence-electron chi connectivity index (χ0n) is 13.5. The minimum Gasteiger partial charge on any atom is -0.494 e. The van der Waals surface area contributed by atoms with Crippen molar-refractivity contribution in [3.63, 3.8) is 0 Å². The first-order valence-corrected chi connectivity index (χ1v) is 9.88. The predicted octanol–water partition coefficient (Wildman–Crippen LogP) is 4.36. The van der Waals surface area contributed by atoms with Crippen LogP contribution in [0.2, 0.25) is 0 Å². The molecule has 0 amide bonds. The smallest absolute Gasteiger partial charge is 0.124 e. The molecule has 0 aliphatic carbocycles. The maximum absolute atomic E-state index is 5.85. The highest BCUT2D eigenvalue weighted by Gasteiger charge is 2.32. The van der Waals surface area contributed by atoms with Crippen LogP contribution in [0.4, 0.5) is 0 Å². The van der Waals surface area contributed by atoms with E-state index < -0.39 is 0 Å². The van der Waals surface area contributed by atoms with Gasteiger partial charge < -0.3 is 10.1 Å². The molecule has 0 spiro atoms. The van der Waals surface area contributed by atoms with Crippen LogP contribution in [-0.2, 0) is 0 Å². The normalized spacial score (nSPS) is 27.3. The highest BCUT2D eigenvalue weighted by Crippen LogP contribution is 2.42. The molecule has 4 atom stereocenters. The summed E-state index contributed by atoms with van der Waals surface area (Å²) in [7, 11) is 0. The molecule has 1 heterocycles. The number of ether oxygens (including phenoxy) is 1. The number of rotatable bonds is 6. The van der Waals surface area contributed by atoms with Gasteiger partial charge in [-0.25, -0.2) is 0 Å². The molecule has 2 rings (SSSR count). The summed E-state index contributed by atoms with van der Waals surface area (Å²) >= 11 is 4.23. The molecule has 1 saturated heterocycles. The number of hydrogen-bond acceptors (Lipinski definition) is 4. The SMILES string of the molecule is CCNC(c1ccccc1OCC)C1CSC(C)C(C)S1. The van der Waals surface area contributed by atoms with Crippen molar-refractivity contribution in [1.29, 1.82) is 0 Å². The molecule has 1 N–H and O–H groups in total. The second kappa shape index (κ2) is 8.35. The third-order valence-corrected chi connectivity index (χ3v) is 7.42. The monoisotopic (exact) mass is 325 g/mol. The fraction of sp³-hybridized carbons (Fsp3) is 0.647. The van der Waals surface area contributed by atoms with Gasteiger partial charge in [0.1, 0.15) is 5.75 Å². The number of nitrogens with one attached hydrogen (secondary N) is 1. The molecule has 0 radical (unpaired) electrons. The molecule has 118 valence electrons. The molecule has 0 aromatic heterocycles. The number of thioether (sulfide) groups is 2. The zero-order valence-corrected chi connectivity index (χ0v) is 15.1. The van der Waals surface area contributed by atoms with Crippen molar-refractivity contribution in [1.82, 2.24) is 5.32 Å². The lowest BCUT2D eigenvalue weighted by molar-refractivity contribution is 0.331. The van der Waals surface area contributed by atoms with Crippen LogP contribution in [0.15, 0.2) is 24.3 Å². The molecule has 0 saturated carbocycles. The van der Waals surface area contributed by atoms with Crippen LogP contribution >= 0.6 is 23.5 Å². The Labute approximate surface area is 137 Å². The lowest BCUT2D eigenvalue weighted by Gasteiger charge is -2.37. The third-order valence-electron chi connectivity index (χ3n) is 3.92. The Kier molecular flexibility index (Phi) is 6.77. The van der Waals surface area contributed by atoms with Gasteiger partial charge in [-0.15, -0.1) is 0 Å². The van der Waals surface area contributed by atoms with Crippen LogP contribution in [0.25, 0.3) is 0 Å². The quantitative estimate of drug-likeness (QED) is 0.838. The molecular formula is C17H27NOS2. The van der Waals surface area contributed by atoms with Crippen LogP contribution in [0.1, 0.15) is 39.3 Å². The second-order valence-corrected chi connectivity index (χ2v) is 8.46. The molecule has 4 heteroatoms. The Morgan fingerprint density at radius 3 is 2.67 bits per heavy atom. The van der Waals surface area contributed by atoms with E-state index in [4.69, 9.17) is 4.74 Å². The first-order chi connectivity index (χ1) is 10.2. The summed E-state index contributed by atoms with van der Waals surface area (Å²) in [6, 6.07) is 8.85. The first-order valence-electron chi connectivity index (χ1n) is 7.89. The van der Waals surface area contributed by atoms with E-state index in [0.29, 0.717) is 16.5 Å². The summed E-state index contributed by atoms with van der Waals surface area (Å²) in [6.07, 6.45) is 0. The van der Waals surface area contributed by atoms with Crippen LogP contribution in [0.3, 0.4) is 0 Å². The fourth-order valence-electron chi connectivity index (χ4n) is 2.67. The Balaban J connectivity index is 2.22. The Morgan fingerprint density at radius 1 is 1.24 bits per heavy atom. The van der Waals surface area contributed by atoms with Crippen molar-refractivity contribution in [2.45, 2.75) is 49.5 Å². The summed E-state index contributed by atoms with van der Waals surface area (Å²) < 4.78 is 5.85. The lowest BCUT2D eigenvalue weighted by atomic mass is 10.0. The maximum atomic E-state index is 5.85. The molecule has 0 bridgehead atoms. The molecular weight excluding hydrogens is 298 g/mol. The first kappa shape index (κ1) is 17.0. The van der Waals surface area contributed by atoms with E-state index in [0.717, 1.165) is 24.2 Å². The number of para-hydroxylation sites is 1. The van der Waals surface area contributed by atoms with Crippen molar-refractivity contribution < 1.29 is 4.74 Å². The molecule has 1 aliphatic heterocycles. The van der Waals surface area contributed by atoms with E-state index in [1.807, 2.05) is 6.92 Å². The average Bonchev–Trinajstić information content (AvgIpc) is 2.49. The topological polar surface area (TPSA) is 21.3 Å². The molecule has 4 unspecified atom stereocenters. The van der Waals surface area contributed by atoms with Crippen molar-refractivity contribution in [2.75, 3.05) is 18.9 Å². The Bertz CT molecular complexity index is 441. The van der Waals surface area contributed by atoms with Gasteiger partial charge in [0, 0.05) is 33.1 Å². The van der Waals surface area contributed by atoms with Crippen molar-refractivity contribution in [2.24, 2.45) is 0 Å². The van der Waals surface area contributed by atoms with Crippen LogP contribution < -0.4 is 10.1 Å². The second-order valence-electron chi connectivity index (χ2n) is 5.42. The Hall–Kier alpha value is -0.320. The van der Waals surface area contributed by atoms with E-state index in [9.17, 15) is 0 Å². The van der Waals surface area contributed by atoms with Gasteiger partial charge in [0.25, 0.3) is 0 Å².